The lowest BCUT2D eigenvalue weighted by molar-refractivity contribution is 0.823. The molecule has 0 atom stereocenters. The van der Waals surface area contributed by atoms with Gasteiger partial charge in [-0.1, -0.05) is 0 Å². The van der Waals surface area contributed by atoms with Gasteiger partial charge in [-0.05, 0) is 0 Å². The lowest BCUT2D eigenvalue weighted by Gasteiger charge is -1.46. The molecule has 0 spiro atoms. The first-order chi connectivity index (χ1) is 2.50. The number of nitrogens with zero attached hydrogens (tertiary/aromatic N) is 1. The summed E-state index contributed by atoms with van der Waals surface area (Å²) in [4.78, 5) is 6.42. The number of rotatable bonds is 0. The number of nitrogens with one attached hydrogen (secondary N) is 1. The fourth-order valence-corrected chi connectivity index (χ4v) is 0.215. The summed E-state index contributed by atoms with van der Waals surface area (Å²) >= 11 is 0. The molecule has 0 radical (unpaired) electrons. The standard InChI is InChI=1S/C3H4N2.2ClH.2H2O/c1-2-5-3-4-1;;;;/h1-3H,(H,4,5);2*1H;2*1H2. The minimum absolute atomic E-state index is 0. The maximum absolute atomic E-state index is 3.67. The zero-order valence-corrected chi connectivity index (χ0v) is 6.13. The summed E-state index contributed by atoms with van der Waals surface area (Å²) in [6.45, 7) is 0. The van der Waals surface area contributed by atoms with E-state index in [0.717, 1.165) is 0 Å². The molecule has 0 saturated carbocycles. The Balaban J connectivity index is -0.0000000312. The fourth-order valence-electron chi connectivity index (χ4n) is 0.215. The van der Waals surface area contributed by atoms with Crippen LogP contribution in [0.15, 0.2) is 18.7 Å². The van der Waals surface area contributed by atoms with Gasteiger partial charge >= 0.3 is 0 Å². The Bertz CT molecular complexity index is 74.3. The molecular formula is C3H10Cl2N2O2. The van der Waals surface area contributed by atoms with Gasteiger partial charge in [0, 0.05) is 12.4 Å². The van der Waals surface area contributed by atoms with Crippen LogP contribution in [0.25, 0.3) is 0 Å². The van der Waals surface area contributed by atoms with Crippen molar-refractivity contribution < 1.29 is 11.0 Å². The molecule has 0 aliphatic heterocycles. The molecule has 58 valence electrons. The fraction of sp³-hybridized carbons (Fsp3) is 0. The molecule has 0 aliphatic carbocycles. The lowest BCUT2D eigenvalue weighted by atomic mass is 11.0. The van der Waals surface area contributed by atoms with Crippen LogP contribution >= 0.6 is 24.8 Å². The second-order valence-electron chi connectivity index (χ2n) is 0.761. The van der Waals surface area contributed by atoms with Gasteiger partial charge in [0.15, 0.2) is 0 Å². The van der Waals surface area contributed by atoms with Gasteiger partial charge in [0.1, 0.15) is 0 Å². The Hall–Kier alpha value is -0.290. The van der Waals surface area contributed by atoms with Crippen molar-refractivity contribution in [3.63, 3.8) is 0 Å². The third kappa shape index (κ3) is 11.3. The van der Waals surface area contributed by atoms with E-state index in [9.17, 15) is 0 Å². The molecule has 1 aromatic heterocycles. The number of imidazole rings is 1. The van der Waals surface area contributed by atoms with E-state index in [0.29, 0.717) is 0 Å². The molecule has 0 aliphatic rings. The molecule has 1 heterocycles. The van der Waals surface area contributed by atoms with Crippen molar-refractivity contribution in [1.82, 2.24) is 9.97 Å². The SMILES string of the molecule is Cl.Cl.O.O.c1c[nH]cn1. The first-order valence-electron chi connectivity index (χ1n) is 1.43. The third-order valence-electron chi connectivity index (χ3n) is 0.406. The van der Waals surface area contributed by atoms with E-state index in [1.54, 1.807) is 18.7 Å². The highest BCUT2D eigenvalue weighted by Gasteiger charge is 1.56. The molecule has 6 heteroatoms. The average molecular weight is 177 g/mol. The van der Waals surface area contributed by atoms with Gasteiger partial charge in [0.25, 0.3) is 0 Å². The lowest BCUT2D eigenvalue weighted by Crippen LogP contribution is -1.44. The van der Waals surface area contributed by atoms with Crippen molar-refractivity contribution in [2.45, 2.75) is 0 Å². The van der Waals surface area contributed by atoms with E-state index < -0.39 is 0 Å². The Kier molecular flexibility index (Phi) is 40.6. The van der Waals surface area contributed by atoms with Crippen molar-refractivity contribution >= 4 is 24.8 Å². The molecule has 0 bridgehead atoms. The molecule has 0 unspecified atom stereocenters. The maximum atomic E-state index is 3.67. The predicted molar refractivity (Wildman–Crippen MR) is 40.3 cm³/mol. The minimum atomic E-state index is 0. The van der Waals surface area contributed by atoms with Crippen LogP contribution in [0, 0.1) is 0 Å². The predicted octanol–water partition coefficient (Wildman–Crippen LogP) is -0.396. The number of H-pyrrole nitrogens is 1. The smallest absolute Gasteiger partial charge is 0.0919 e. The number of hydrogen-bond acceptors (Lipinski definition) is 1. The summed E-state index contributed by atoms with van der Waals surface area (Å²) in [6, 6.07) is 0. The summed E-state index contributed by atoms with van der Waals surface area (Å²) in [6.07, 6.45) is 5.08. The molecule has 0 aromatic carbocycles. The Morgan fingerprint density at radius 3 is 1.78 bits per heavy atom. The summed E-state index contributed by atoms with van der Waals surface area (Å²) < 4.78 is 0. The van der Waals surface area contributed by atoms with E-state index in [1.165, 1.54) is 0 Å². The Morgan fingerprint density at radius 2 is 1.67 bits per heavy atom. The summed E-state index contributed by atoms with van der Waals surface area (Å²) in [5.74, 6) is 0. The maximum Gasteiger partial charge on any atom is 0.0919 e. The average Bonchev–Trinajstić information content (AvgIpc) is 1.76. The van der Waals surface area contributed by atoms with Crippen LogP contribution in [0.5, 0.6) is 0 Å². The number of halogens is 2. The summed E-state index contributed by atoms with van der Waals surface area (Å²) in [7, 11) is 0. The van der Waals surface area contributed by atoms with Gasteiger partial charge in [-0.25, -0.2) is 4.98 Å². The van der Waals surface area contributed by atoms with Gasteiger partial charge in [-0.15, -0.1) is 24.8 Å². The molecule has 0 amide bonds. The van der Waals surface area contributed by atoms with Gasteiger partial charge in [0.2, 0.25) is 0 Å². The second-order valence-corrected chi connectivity index (χ2v) is 0.761. The van der Waals surface area contributed by atoms with Crippen LogP contribution in [0.1, 0.15) is 0 Å². The van der Waals surface area contributed by atoms with Crippen LogP contribution in [0.4, 0.5) is 0 Å². The van der Waals surface area contributed by atoms with Gasteiger partial charge in [-0.2, -0.15) is 0 Å². The van der Waals surface area contributed by atoms with Crippen molar-refractivity contribution in [2.24, 2.45) is 0 Å². The first kappa shape index (κ1) is 23.3. The van der Waals surface area contributed by atoms with Crippen LogP contribution in [0.3, 0.4) is 0 Å². The van der Waals surface area contributed by atoms with Crippen molar-refractivity contribution in [3.8, 4) is 0 Å². The highest BCUT2D eigenvalue weighted by molar-refractivity contribution is 5.85. The monoisotopic (exact) mass is 176 g/mol. The van der Waals surface area contributed by atoms with Crippen LogP contribution in [-0.4, -0.2) is 20.9 Å². The van der Waals surface area contributed by atoms with E-state index >= 15 is 0 Å². The first-order valence-corrected chi connectivity index (χ1v) is 1.43. The normalized spacial score (nSPS) is 4.44. The molecular weight excluding hydrogens is 167 g/mol. The number of hydrogen-bond donors (Lipinski definition) is 1. The minimum Gasteiger partial charge on any atom is -0.412 e. The highest BCUT2D eigenvalue weighted by atomic mass is 35.5. The largest absolute Gasteiger partial charge is 0.412 e. The van der Waals surface area contributed by atoms with E-state index in [4.69, 9.17) is 0 Å². The number of aromatic amines is 1. The van der Waals surface area contributed by atoms with Crippen LogP contribution < -0.4 is 0 Å². The highest BCUT2D eigenvalue weighted by Crippen LogP contribution is 1.62. The quantitative estimate of drug-likeness (QED) is 0.573. The zero-order valence-electron chi connectivity index (χ0n) is 4.50. The summed E-state index contributed by atoms with van der Waals surface area (Å²) in [5, 5.41) is 0. The second kappa shape index (κ2) is 15.6. The van der Waals surface area contributed by atoms with E-state index in [1.807, 2.05) is 0 Å². The zero-order chi connectivity index (χ0) is 3.54. The van der Waals surface area contributed by atoms with Crippen LogP contribution in [0.2, 0.25) is 0 Å². The Morgan fingerprint density at radius 1 is 1.11 bits per heavy atom. The van der Waals surface area contributed by atoms with Crippen molar-refractivity contribution in [1.29, 1.82) is 0 Å². The molecule has 4 nitrogen and oxygen atoms in total. The Labute approximate surface area is 65.1 Å². The topological polar surface area (TPSA) is 91.7 Å². The number of aromatic nitrogens is 2. The molecule has 0 fully saturated rings. The molecule has 1 rings (SSSR count). The van der Waals surface area contributed by atoms with Crippen molar-refractivity contribution in [2.75, 3.05) is 0 Å². The van der Waals surface area contributed by atoms with E-state index in [-0.39, 0.29) is 35.8 Å². The van der Waals surface area contributed by atoms with Gasteiger partial charge in [0.05, 0.1) is 6.33 Å². The van der Waals surface area contributed by atoms with Gasteiger partial charge in [-0.3, -0.25) is 0 Å². The van der Waals surface area contributed by atoms with Gasteiger partial charge < -0.3 is 15.9 Å². The summed E-state index contributed by atoms with van der Waals surface area (Å²) in [5.41, 5.74) is 0. The van der Waals surface area contributed by atoms with Crippen LogP contribution in [-0.2, 0) is 0 Å². The van der Waals surface area contributed by atoms with E-state index in [2.05, 4.69) is 9.97 Å². The molecule has 0 saturated heterocycles. The molecule has 1 aromatic rings. The third-order valence-corrected chi connectivity index (χ3v) is 0.406. The molecule has 5 N–H and O–H groups in total. The molecule has 9 heavy (non-hydrogen) atoms. The van der Waals surface area contributed by atoms with Crippen molar-refractivity contribution in [3.05, 3.63) is 18.7 Å².